The molecule has 0 saturated carbocycles. The van der Waals surface area contributed by atoms with Crippen molar-refractivity contribution in [1.29, 1.82) is 0 Å². The number of aromatic hydroxyl groups is 1. The summed E-state index contributed by atoms with van der Waals surface area (Å²) in [4.78, 5) is 35.1. The lowest BCUT2D eigenvalue weighted by molar-refractivity contribution is -0.129. The zero-order valence-electron chi connectivity index (χ0n) is 18.8. The van der Waals surface area contributed by atoms with E-state index in [-0.39, 0.29) is 17.1 Å². The van der Waals surface area contributed by atoms with Crippen LogP contribution in [0.2, 0.25) is 0 Å². The lowest BCUT2D eigenvalue weighted by Crippen LogP contribution is -2.43. The maximum atomic E-state index is 13.6. The molecule has 2 aliphatic rings. The predicted molar refractivity (Wildman–Crippen MR) is 122 cm³/mol. The highest BCUT2D eigenvalue weighted by molar-refractivity contribution is 7.14. The summed E-state index contributed by atoms with van der Waals surface area (Å²) < 4.78 is 10.6. The fraction of sp³-hybridized carbons (Fsp3) is 0.435. The van der Waals surface area contributed by atoms with Crippen molar-refractivity contribution in [1.82, 2.24) is 14.8 Å². The largest absolute Gasteiger partial charge is 0.504 e. The van der Waals surface area contributed by atoms with Crippen molar-refractivity contribution in [3.8, 4) is 11.5 Å². The Balaban J connectivity index is 1.73. The Morgan fingerprint density at radius 1 is 1.24 bits per heavy atom. The molecular weight excluding hydrogens is 446 g/mol. The summed E-state index contributed by atoms with van der Waals surface area (Å²) in [6.45, 7) is 7.20. The van der Waals surface area contributed by atoms with Crippen LogP contribution in [0.3, 0.4) is 0 Å². The van der Waals surface area contributed by atoms with E-state index >= 15 is 0 Å². The minimum absolute atomic E-state index is 0.0153. The number of phenolic OH excluding ortho intramolecular Hbond substituents is 1. The number of benzene rings is 1. The minimum Gasteiger partial charge on any atom is -0.504 e. The molecule has 1 saturated heterocycles. The van der Waals surface area contributed by atoms with Gasteiger partial charge in [-0.3, -0.25) is 14.5 Å². The molecule has 1 atom stereocenters. The van der Waals surface area contributed by atoms with Crippen molar-refractivity contribution >= 4 is 23.0 Å². The van der Waals surface area contributed by atoms with Crippen LogP contribution >= 0.6 is 11.3 Å². The average Bonchev–Trinajstić information content (AvgIpc) is 3.28. The molecule has 1 amide bonds. The molecule has 1 unspecified atom stereocenters. The van der Waals surface area contributed by atoms with Crippen molar-refractivity contribution in [2.75, 3.05) is 46.5 Å². The van der Waals surface area contributed by atoms with Crippen molar-refractivity contribution in [2.24, 2.45) is 0 Å². The van der Waals surface area contributed by atoms with E-state index in [0.717, 1.165) is 18.1 Å². The normalized spacial score (nSPS) is 19.4. The number of Topliss-reactive ketones (excluding diaryl/α,β-unsaturated/α-hetero) is 1. The molecule has 176 valence electrons. The zero-order chi connectivity index (χ0) is 23.7. The van der Waals surface area contributed by atoms with Gasteiger partial charge in [0, 0.05) is 26.2 Å². The number of ether oxygens (including phenoxy) is 2. The quantitative estimate of drug-likeness (QED) is 0.590. The Morgan fingerprint density at radius 2 is 1.97 bits per heavy atom. The lowest BCUT2D eigenvalue weighted by atomic mass is 9.94. The molecule has 1 fully saturated rings. The molecule has 2 N–H and O–H groups in total. The maximum absolute atomic E-state index is 13.6. The Kier molecular flexibility index (Phi) is 6.68. The van der Waals surface area contributed by atoms with Crippen molar-refractivity contribution < 1.29 is 29.3 Å². The third-order valence-electron chi connectivity index (χ3n) is 5.94. The number of hydrogen-bond acceptors (Lipinski definition) is 9. The Morgan fingerprint density at radius 3 is 2.61 bits per heavy atom. The van der Waals surface area contributed by atoms with Gasteiger partial charge in [0.15, 0.2) is 17.3 Å². The van der Waals surface area contributed by atoms with Gasteiger partial charge >= 0.3 is 0 Å². The number of aliphatic hydroxyl groups is 1. The third-order valence-corrected chi connectivity index (χ3v) is 7.01. The van der Waals surface area contributed by atoms with Gasteiger partial charge in [0.05, 0.1) is 47.5 Å². The predicted octanol–water partition coefficient (Wildman–Crippen LogP) is 2.38. The molecule has 1 aromatic heterocycles. The highest BCUT2D eigenvalue weighted by Gasteiger charge is 2.44. The van der Waals surface area contributed by atoms with Crippen molar-refractivity contribution in [3.05, 3.63) is 50.7 Å². The molecule has 9 nitrogen and oxygen atoms in total. The number of carbonyl (C=O) groups is 2. The van der Waals surface area contributed by atoms with Gasteiger partial charge in [-0.15, -0.1) is 11.3 Å². The number of hydrogen-bond donors (Lipinski definition) is 2. The fourth-order valence-corrected chi connectivity index (χ4v) is 5.14. The van der Waals surface area contributed by atoms with E-state index in [4.69, 9.17) is 9.47 Å². The van der Waals surface area contributed by atoms with E-state index in [1.54, 1.807) is 26.0 Å². The highest BCUT2D eigenvalue weighted by Crippen LogP contribution is 2.42. The molecule has 0 bridgehead atoms. The molecule has 1 aromatic carbocycles. The van der Waals surface area contributed by atoms with E-state index in [0.29, 0.717) is 42.4 Å². The van der Waals surface area contributed by atoms with Crippen LogP contribution in [-0.2, 0) is 9.53 Å². The topological polar surface area (TPSA) is 112 Å². The van der Waals surface area contributed by atoms with Gasteiger partial charge in [0.1, 0.15) is 0 Å². The number of nitrogens with zero attached hydrogens (tertiary/aromatic N) is 3. The monoisotopic (exact) mass is 473 g/mol. The molecule has 3 heterocycles. The van der Waals surface area contributed by atoms with Gasteiger partial charge in [-0.2, -0.15) is 0 Å². The minimum atomic E-state index is -0.817. The molecule has 2 aliphatic heterocycles. The van der Waals surface area contributed by atoms with Crippen LogP contribution in [0.25, 0.3) is 0 Å². The molecule has 33 heavy (non-hydrogen) atoms. The number of thiazole rings is 1. The molecule has 2 aromatic rings. The number of phenols is 1. The Hall–Kier alpha value is -2.95. The zero-order valence-corrected chi connectivity index (χ0v) is 19.6. The van der Waals surface area contributed by atoms with Crippen LogP contribution in [-0.4, -0.2) is 83.2 Å². The number of amides is 1. The summed E-state index contributed by atoms with van der Waals surface area (Å²) in [6.07, 6.45) is 0. The number of aryl methyl sites for hydroxylation is 2. The second-order valence-electron chi connectivity index (χ2n) is 8.03. The van der Waals surface area contributed by atoms with E-state index in [2.05, 4.69) is 9.88 Å². The number of ketones is 1. The van der Waals surface area contributed by atoms with Crippen molar-refractivity contribution in [3.63, 3.8) is 0 Å². The van der Waals surface area contributed by atoms with E-state index < -0.39 is 23.5 Å². The van der Waals surface area contributed by atoms with Gasteiger partial charge in [-0.1, -0.05) is 6.07 Å². The summed E-state index contributed by atoms with van der Waals surface area (Å²) in [7, 11) is 1.43. The van der Waals surface area contributed by atoms with Gasteiger partial charge < -0.3 is 24.6 Å². The van der Waals surface area contributed by atoms with Crippen LogP contribution in [0.4, 0.5) is 0 Å². The summed E-state index contributed by atoms with van der Waals surface area (Å²) in [5.41, 5.74) is 1.14. The average molecular weight is 474 g/mol. The first kappa shape index (κ1) is 23.2. The first-order valence-corrected chi connectivity index (χ1v) is 11.5. The molecular formula is C23H27N3O6S. The fourth-order valence-electron chi connectivity index (χ4n) is 4.27. The highest BCUT2D eigenvalue weighted by atomic mass is 32.1. The Labute approximate surface area is 195 Å². The van der Waals surface area contributed by atoms with Crippen LogP contribution in [0.1, 0.15) is 32.0 Å². The van der Waals surface area contributed by atoms with E-state index in [9.17, 15) is 19.8 Å². The number of aromatic nitrogens is 1. The van der Waals surface area contributed by atoms with Gasteiger partial charge in [-0.05, 0) is 31.5 Å². The van der Waals surface area contributed by atoms with Crippen LogP contribution in [0, 0.1) is 13.8 Å². The summed E-state index contributed by atoms with van der Waals surface area (Å²) in [5, 5.41) is 21.6. The molecule has 0 radical (unpaired) electrons. The second kappa shape index (κ2) is 9.50. The van der Waals surface area contributed by atoms with E-state index in [1.807, 2.05) is 0 Å². The van der Waals surface area contributed by atoms with Gasteiger partial charge in [0.25, 0.3) is 5.91 Å². The van der Waals surface area contributed by atoms with Crippen molar-refractivity contribution in [2.45, 2.75) is 19.9 Å². The van der Waals surface area contributed by atoms with Crippen LogP contribution in [0.5, 0.6) is 11.5 Å². The third kappa shape index (κ3) is 4.46. The second-order valence-corrected chi connectivity index (χ2v) is 9.23. The summed E-state index contributed by atoms with van der Waals surface area (Å²) in [5.74, 6) is -1.40. The Bertz CT molecular complexity index is 1110. The first-order chi connectivity index (χ1) is 15.8. The SMILES string of the molecule is COc1cc(C2C(C(=O)c3sc(C)nc3C)=C(O)C(=O)N2CCN2CCOCC2)ccc1O. The molecule has 10 heteroatoms. The first-order valence-electron chi connectivity index (χ1n) is 10.7. The lowest BCUT2D eigenvalue weighted by Gasteiger charge is -2.31. The molecule has 0 aliphatic carbocycles. The summed E-state index contributed by atoms with van der Waals surface area (Å²) >= 11 is 1.23. The number of methoxy groups -OCH3 is 1. The van der Waals surface area contributed by atoms with Crippen LogP contribution < -0.4 is 4.74 Å². The molecule has 4 rings (SSSR count). The summed E-state index contributed by atoms with van der Waals surface area (Å²) in [6, 6.07) is 3.86. The smallest absolute Gasteiger partial charge is 0.290 e. The number of rotatable bonds is 7. The molecule has 0 spiro atoms. The van der Waals surface area contributed by atoms with Gasteiger partial charge in [0.2, 0.25) is 5.78 Å². The number of carbonyl (C=O) groups excluding carboxylic acids is 2. The maximum Gasteiger partial charge on any atom is 0.290 e. The number of aliphatic hydroxyl groups excluding tert-OH is 1. The van der Waals surface area contributed by atoms with Crippen LogP contribution in [0.15, 0.2) is 29.5 Å². The standard InChI is InChI=1S/C23H27N3O6S/c1-13-22(33-14(2)24-13)20(28)18-19(15-4-5-16(27)17(12-15)31-3)26(23(30)21(18)29)7-6-25-8-10-32-11-9-25/h4-5,12,19,27,29H,6-11H2,1-3H3. The van der Waals surface area contributed by atoms with Gasteiger partial charge in [-0.25, -0.2) is 4.98 Å². The van der Waals surface area contributed by atoms with E-state index in [1.165, 1.54) is 29.4 Å². The number of morpholine rings is 1.